The van der Waals surface area contributed by atoms with E-state index in [-0.39, 0.29) is 22.2 Å². The lowest BCUT2D eigenvalue weighted by Crippen LogP contribution is -2.12. The van der Waals surface area contributed by atoms with Gasteiger partial charge in [0.25, 0.3) is 0 Å². The van der Waals surface area contributed by atoms with Crippen LogP contribution in [0.4, 0.5) is 5.69 Å². The lowest BCUT2D eigenvalue weighted by Gasteiger charge is -2.04. The van der Waals surface area contributed by atoms with Gasteiger partial charge in [0.15, 0.2) is 11.4 Å². The Hall–Kier alpha value is -3.90. The van der Waals surface area contributed by atoms with Crippen LogP contribution < -0.4 is 5.14 Å². The SMILES string of the molecule is Cc1c(C(=O)N=Nc2c(O)[nH]c3ccccc23)nnn1-c1ccc(S(N)(=O)=O)cc1. The number of aromatic amines is 1. The lowest BCUT2D eigenvalue weighted by molar-refractivity contribution is 0.0989. The van der Waals surface area contributed by atoms with Gasteiger partial charge in [0, 0.05) is 5.39 Å². The predicted molar refractivity (Wildman–Crippen MR) is 106 cm³/mol. The minimum Gasteiger partial charge on any atom is -0.493 e. The van der Waals surface area contributed by atoms with E-state index in [0.29, 0.717) is 22.3 Å². The number of nitrogens with one attached hydrogen (secondary N) is 1. The molecule has 4 N–H and O–H groups in total. The molecule has 0 aliphatic carbocycles. The highest BCUT2D eigenvalue weighted by molar-refractivity contribution is 7.89. The number of benzene rings is 2. The Bertz CT molecular complexity index is 1400. The number of carbonyl (C=O) groups excluding carboxylic acids is 1. The molecule has 2 heterocycles. The number of hydrogen-bond acceptors (Lipinski definition) is 7. The molecule has 30 heavy (non-hydrogen) atoms. The summed E-state index contributed by atoms with van der Waals surface area (Å²) < 4.78 is 24.1. The average molecular weight is 425 g/mol. The Morgan fingerprint density at radius 3 is 2.57 bits per heavy atom. The molecule has 0 atom stereocenters. The van der Waals surface area contributed by atoms with Gasteiger partial charge >= 0.3 is 5.91 Å². The molecule has 0 fully saturated rings. The first-order chi connectivity index (χ1) is 14.3. The first-order valence-corrected chi connectivity index (χ1v) is 10.1. The molecule has 0 radical (unpaired) electrons. The van der Waals surface area contributed by atoms with Crippen LogP contribution >= 0.6 is 0 Å². The van der Waals surface area contributed by atoms with Crippen LogP contribution in [-0.4, -0.2) is 39.4 Å². The van der Waals surface area contributed by atoms with Gasteiger partial charge in [-0.05, 0) is 37.3 Å². The van der Waals surface area contributed by atoms with Crippen molar-refractivity contribution in [3.05, 3.63) is 59.9 Å². The van der Waals surface area contributed by atoms with Crippen molar-refractivity contribution in [3.8, 4) is 11.6 Å². The predicted octanol–water partition coefficient (Wildman–Crippen LogP) is 2.33. The van der Waals surface area contributed by atoms with Gasteiger partial charge in [0.1, 0.15) is 0 Å². The summed E-state index contributed by atoms with van der Waals surface area (Å²) in [6, 6.07) is 12.7. The number of H-pyrrole nitrogens is 1. The number of sulfonamides is 1. The van der Waals surface area contributed by atoms with Gasteiger partial charge in [0.05, 0.1) is 21.8 Å². The molecule has 4 rings (SSSR count). The van der Waals surface area contributed by atoms with Crippen LogP contribution in [0.1, 0.15) is 16.2 Å². The van der Waals surface area contributed by atoms with E-state index in [9.17, 15) is 18.3 Å². The Labute approximate surface area is 169 Å². The Balaban J connectivity index is 1.62. The summed E-state index contributed by atoms with van der Waals surface area (Å²) in [5.41, 5.74) is 1.63. The molecular weight excluding hydrogens is 410 g/mol. The Morgan fingerprint density at radius 2 is 1.87 bits per heavy atom. The number of nitrogens with two attached hydrogens (primary N) is 1. The molecule has 0 unspecified atom stereocenters. The molecule has 2 aromatic heterocycles. The molecule has 12 heteroatoms. The molecule has 4 aromatic rings. The molecule has 0 aliphatic heterocycles. The van der Waals surface area contributed by atoms with Gasteiger partial charge in [0.2, 0.25) is 15.9 Å². The number of nitrogens with zero attached hydrogens (tertiary/aromatic N) is 5. The summed E-state index contributed by atoms with van der Waals surface area (Å²) in [5.74, 6) is -0.951. The fourth-order valence-electron chi connectivity index (χ4n) is 2.91. The minimum atomic E-state index is -3.82. The largest absolute Gasteiger partial charge is 0.493 e. The number of rotatable bonds is 4. The van der Waals surface area contributed by atoms with E-state index in [1.807, 2.05) is 0 Å². The van der Waals surface area contributed by atoms with Crippen molar-refractivity contribution in [2.24, 2.45) is 15.4 Å². The molecule has 152 valence electrons. The molecule has 0 saturated heterocycles. The summed E-state index contributed by atoms with van der Waals surface area (Å²) in [4.78, 5) is 15.2. The van der Waals surface area contributed by atoms with Crippen molar-refractivity contribution in [2.75, 3.05) is 0 Å². The number of carbonyl (C=O) groups is 1. The van der Waals surface area contributed by atoms with Crippen LogP contribution in [0.15, 0.2) is 63.7 Å². The molecule has 0 aliphatic rings. The van der Waals surface area contributed by atoms with Crippen molar-refractivity contribution in [1.29, 1.82) is 0 Å². The quantitative estimate of drug-likeness (QED) is 0.424. The summed E-state index contributed by atoms with van der Waals surface area (Å²) in [6.45, 7) is 1.61. The van der Waals surface area contributed by atoms with E-state index >= 15 is 0 Å². The van der Waals surface area contributed by atoms with Crippen molar-refractivity contribution in [3.63, 3.8) is 0 Å². The normalized spacial score (nSPS) is 12.1. The maximum Gasteiger partial charge on any atom is 0.317 e. The van der Waals surface area contributed by atoms with Gasteiger partial charge in [-0.2, -0.15) is 0 Å². The fourth-order valence-corrected chi connectivity index (χ4v) is 3.42. The van der Waals surface area contributed by atoms with Crippen molar-refractivity contribution in [2.45, 2.75) is 11.8 Å². The first-order valence-electron chi connectivity index (χ1n) is 8.57. The number of primary sulfonamides is 1. The molecule has 1 amide bonds. The molecular formula is C18H15N7O4S. The molecule has 11 nitrogen and oxygen atoms in total. The highest BCUT2D eigenvalue weighted by Gasteiger charge is 2.18. The Kier molecular flexibility index (Phi) is 4.64. The van der Waals surface area contributed by atoms with Gasteiger partial charge in [-0.1, -0.05) is 23.4 Å². The van der Waals surface area contributed by atoms with Crippen LogP contribution in [0.3, 0.4) is 0 Å². The maximum absolute atomic E-state index is 12.5. The zero-order chi connectivity index (χ0) is 21.5. The van der Waals surface area contributed by atoms with E-state index in [4.69, 9.17) is 5.14 Å². The van der Waals surface area contributed by atoms with Crippen molar-refractivity contribution < 1.29 is 18.3 Å². The van der Waals surface area contributed by atoms with Crippen LogP contribution in [0.2, 0.25) is 0 Å². The van der Waals surface area contributed by atoms with E-state index in [0.717, 1.165) is 0 Å². The van der Waals surface area contributed by atoms with Crippen molar-refractivity contribution in [1.82, 2.24) is 20.0 Å². The van der Waals surface area contributed by atoms with Crippen molar-refractivity contribution >= 4 is 32.5 Å². The van der Waals surface area contributed by atoms with E-state index in [1.54, 1.807) is 31.2 Å². The molecule has 0 saturated carbocycles. The summed E-state index contributed by atoms with van der Waals surface area (Å²) in [7, 11) is -3.82. The number of hydrogen-bond donors (Lipinski definition) is 3. The average Bonchev–Trinajstić information content (AvgIpc) is 3.25. The third-order valence-corrected chi connectivity index (χ3v) is 5.34. The van der Waals surface area contributed by atoms with Crippen LogP contribution in [0.25, 0.3) is 16.6 Å². The van der Waals surface area contributed by atoms with E-state index in [2.05, 4.69) is 25.5 Å². The summed E-state index contributed by atoms with van der Waals surface area (Å²) in [5, 5.41) is 31.0. The number of aromatic nitrogens is 4. The number of amides is 1. The highest BCUT2D eigenvalue weighted by atomic mass is 32.2. The fraction of sp³-hybridized carbons (Fsp3) is 0.0556. The second kappa shape index (κ2) is 7.17. The van der Waals surface area contributed by atoms with Gasteiger partial charge in [-0.3, -0.25) is 4.79 Å². The molecule has 0 spiro atoms. The second-order valence-electron chi connectivity index (χ2n) is 6.35. The summed E-state index contributed by atoms with van der Waals surface area (Å²) >= 11 is 0. The zero-order valence-corrected chi connectivity index (χ0v) is 16.3. The lowest BCUT2D eigenvalue weighted by atomic mass is 10.2. The monoisotopic (exact) mass is 425 g/mol. The topological polar surface area (TPSA) is 169 Å². The third kappa shape index (κ3) is 3.44. The van der Waals surface area contributed by atoms with Gasteiger partial charge in [-0.25, -0.2) is 18.2 Å². The number of para-hydroxylation sites is 1. The standard InChI is InChI=1S/C18H15N7O4S/c1-10-15(22-24-25(10)11-6-8-12(9-7-11)30(19,28)29)18(27)23-21-16-13-4-2-3-5-14(13)20-17(16)26/h2-9,20,26H,1H3,(H2,19,28,29). The Morgan fingerprint density at radius 1 is 1.17 bits per heavy atom. The van der Waals surface area contributed by atoms with Crippen LogP contribution in [0, 0.1) is 6.92 Å². The van der Waals surface area contributed by atoms with Gasteiger partial charge in [-0.15, -0.1) is 15.3 Å². The van der Waals surface area contributed by atoms with Crippen LogP contribution in [0.5, 0.6) is 5.88 Å². The summed E-state index contributed by atoms with van der Waals surface area (Å²) in [6.07, 6.45) is 0. The van der Waals surface area contributed by atoms with Crippen LogP contribution in [-0.2, 0) is 10.0 Å². The number of aromatic hydroxyl groups is 1. The highest BCUT2D eigenvalue weighted by Crippen LogP contribution is 2.35. The minimum absolute atomic E-state index is 0.0337. The smallest absolute Gasteiger partial charge is 0.317 e. The van der Waals surface area contributed by atoms with E-state index in [1.165, 1.54) is 28.9 Å². The molecule has 0 bridgehead atoms. The molecule has 2 aromatic carbocycles. The zero-order valence-electron chi connectivity index (χ0n) is 15.5. The van der Waals surface area contributed by atoms with Gasteiger partial charge < -0.3 is 10.1 Å². The third-order valence-electron chi connectivity index (χ3n) is 4.41. The second-order valence-corrected chi connectivity index (χ2v) is 7.91. The number of azo groups is 1. The first kappa shape index (κ1) is 19.4. The number of fused-ring (bicyclic) bond motifs is 1. The van der Waals surface area contributed by atoms with E-state index < -0.39 is 15.9 Å². The maximum atomic E-state index is 12.5.